The highest BCUT2D eigenvalue weighted by atomic mass is 79.9. The number of hydrogen-bond donors (Lipinski definition) is 1. The van der Waals surface area contributed by atoms with Crippen LogP contribution < -0.4 is 5.32 Å². The molecular weight excluding hydrogens is 326 g/mol. The van der Waals surface area contributed by atoms with Crippen LogP contribution in [0.2, 0.25) is 0 Å². The van der Waals surface area contributed by atoms with Gasteiger partial charge in [0.15, 0.2) is 0 Å². The molecule has 0 spiro atoms. The Labute approximate surface area is 113 Å². The number of amides is 1. The minimum absolute atomic E-state index is 0.0977. The van der Waals surface area contributed by atoms with Gasteiger partial charge >= 0.3 is 0 Å². The molecule has 0 aliphatic heterocycles. The topological polar surface area (TPSA) is 63.2 Å². The molecule has 1 N–H and O–H groups in total. The molecule has 0 bridgehead atoms. The van der Waals surface area contributed by atoms with Crippen molar-refractivity contribution in [1.29, 1.82) is 0 Å². The normalized spacial score (nSPS) is 11.5. The lowest BCUT2D eigenvalue weighted by Gasteiger charge is -2.02. The van der Waals surface area contributed by atoms with Crippen molar-refractivity contribution < 1.29 is 13.2 Å². The first-order valence-corrected chi connectivity index (χ1v) is 8.68. The van der Waals surface area contributed by atoms with Gasteiger partial charge < -0.3 is 5.32 Å². The molecule has 7 heteroatoms. The van der Waals surface area contributed by atoms with Crippen molar-refractivity contribution in [1.82, 2.24) is 5.32 Å². The predicted octanol–water partition coefficient (Wildman–Crippen LogP) is 1.98. The van der Waals surface area contributed by atoms with Crippen molar-refractivity contribution in [2.75, 3.05) is 18.6 Å². The second kappa shape index (κ2) is 5.97. The molecule has 0 radical (unpaired) electrons. The quantitative estimate of drug-likeness (QED) is 0.834. The second-order valence-corrected chi connectivity index (χ2v) is 8.44. The van der Waals surface area contributed by atoms with E-state index in [2.05, 4.69) is 21.2 Å². The summed E-state index contributed by atoms with van der Waals surface area (Å²) in [7, 11) is -2.95. The fraction of sp³-hybridized carbons (Fsp3) is 0.500. The largest absolute Gasteiger partial charge is 0.351 e. The molecule has 0 aliphatic rings. The van der Waals surface area contributed by atoms with E-state index >= 15 is 0 Å². The zero-order valence-corrected chi connectivity index (χ0v) is 12.8. The van der Waals surface area contributed by atoms with Gasteiger partial charge in [0.25, 0.3) is 5.91 Å². The molecule has 17 heavy (non-hydrogen) atoms. The fourth-order valence-corrected chi connectivity index (χ4v) is 3.32. The molecule has 1 aromatic rings. The molecular formula is C10H14BrNO3S2. The molecule has 1 rings (SSSR count). The molecule has 0 aromatic carbocycles. The van der Waals surface area contributed by atoms with Crippen molar-refractivity contribution in [3.05, 3.63) is 20.3 Å². The van der Waals surface area contributed by atoms with E-state index in [0.29, 0.717) is 17.8 Å². The molecule has 4 nitrogen and oxygen atoms in total. The summed E-state index contributed by atoms with van der Waals surface area (Å²) in [5, 5.41) is 2.70. The summed E-state index contributed by atoms with van der Waals surface area (Å²) in [5.74, 6) is -0.0576. The van der Waals surface area contributed by atoms with Gasteiger partial charge in [-0.1, -0.05) is 0 Å². The number of carbonyl (C=O) groups excluding carboxylic acids is 1. The third-order valence-corrected chi connectivity index (χ3v) is 5.22. The number of hydrogen-bond acceptors (Lipinski definition) is 4. The van der Waals surface area contributed by atoms with Crippen LogP contribution in [-0.4, -0.2) is 32.9 Å². The maximum Gasteiger partial charge on any atom is 0.261 e. The molecule has 0 unspecified atom stereocenters. The Morgan fingerprint density at radius 1 is 1.53 bits per heavy atom. The second-order valence-electron chi connectivity index (χ2n) is 3.81. The number of rotatable bonds is 5. The van der Waals surface area contributed by atoms with Gasteiger partial charge in [-0.05, 0) is 40.9 Å². The lowest BCUT2D eigenvalue weighted by Crippen LogP contribution is -2.25. The van der Waals surface area contributed by atoms with E-state index in [1.165, 1.54) is 17.6 Å². The highest BCUT2D eigenvalue weighted by Crippen LogP contribution is 2.27. The van der Waals surface area contributed by atoms with Crippen LogP contribution in [-0.2, 0) is 9.84 Å². The van der Waals surface area contributed by atoms with Crippen LogP contribution in [0.4, 0.5) is 0 Å². The average Bonchev–Trinajstić information content (AvgIpc) is 2.52. The lowest BCUT2D eigenvalue weighted by atomic mass is 10.3. The molecule has 0 atom stereocenters. The maximum absolute atomic E-state index is 11.7. The predicted molar refractivity (Wildman–Crippen MR) is 73.4 cm³/mol. The number of halogens is 1. The number of carbonyl (C=O) groups is 1. The van der Waals surface area contributed by atoms with Gasteiger partial charge in [-0.2, -0.15) is 0 Å². The molecule has 1 heterocycles. The van der Waals surface area contributed by atoms with E-state index < -0.39 is 9.84 Å². The van der Waals surface area contributed by atoms with Crippen molar-refractivity contribution in [3.63, 3.8) is 0 Å². The molecule has 1 aromatic heterocycles. The minimum Gasteiger partial charge on any atom is -0.351 e. The summed E-state index contributed by atoms with van der Waals surface area (Å²) in [5.41, 5.74) is 1.02. The van der Waals surface area contributed by atoms with Gasteiger partial charge in [0.1, 0.15) is 9.84 Å². The molecule has 0 aliphatic carbocycles. The van der Waals surface area contributed by atoms with Crippen LogP contribution in [0.15, 0.2) is 9.85 Å². The summed E-state index contributed by atoms with van der Waals surface area (Å²) < 4.78 is 22.7. The SMILES string of the molecule is Cc1cc(C(=O)NCCCS(C)(=O)=O)sc1Br. The molecule has 0 fully saturated rings. The van der Waals surface area contributed by atoms with Crippen molar-refractivity contribution in [3.8, 4) is 0 Å². The van der Waals surface area contributed by atoms with Crippen LogP contribution in [0.1, 0.15) is 21.7 Å². The van der Waals surface area contributed by atoms with Crippen LogP contribution in [0, 0.1) is 6.92 Å². The van der Waals surface area contributed by atoms with Gasteiger partial charge in [-0.25, -0.2) is 8.42 Å². The van der Waals surface area contributed by atoms with Gasteiger partial charge in [-0.15, -0.1) is 11.3 Å². The van der Waals surface area contributed by atoms with E-state index in [0.717, 1.165) is 9.35 Å². The molecule has 0 saturated carbocycles. The Kier molecular flexibility index (Phi) is 5.15. The molecule has 96 valence electrons. The zero-order chi connectivity index (χ0) is 13.1. The van der Waals surface area contributed by atoms with E-state index in [1.807, 2.05) is 6.92 Å². The maximum atomic E-state index is 11.7. The summed E-state index contributed by atoms with van der Waals surface area (Å²) in [6, 6.07) is 1.81. The Bertz CT molecular complexity index is 488. The van der Waals surface area contributed by atoms with Gasteiger partial charge in [0.05, 0.1) is 14.4 Å². The minimum atomic E-state index is -2.95. The van der Waals surface area contributed by atoms with Crippen LogP contribution >= 0.6 is 27.3 Å². The Morgan fingerprint density at radius 2 is 2.18 bits per heavy atom. The molecule has 0 saturated heterocycles. The Hall–Kier alpha value is -0.400. The van der Waals surface area contributed by atoms with Crippen molar-refractivity contribution in [2.45, 2.75) is 13.3 Å². The first-order valence-electron chi connectivity index (χ1n) is 5.01. The Morgan fingerprint density at radius 3 is 2.65 bits per heavy atom. The van der Waals surface area contributed by atoms with E-state index in [9.17, 15) is 13.2 Å². The first-order chi connectivity index (χ1) is 7.79. The summed E-state index contributed by atoms with van der Waals surface area (Å²) in [6.07, 6.45) is 1.63. The third-order valence-electron chi connectivity index (χ3n) is 2.06. The van der Waals surface area contributed by atoms with Crippen LogP contribution in [0.5, 0.6) is 0 Å². The van der Waals surface area contributed by atoms with E-state index in [1.54, 1.807) is 6.07 Å². The monoisotopic (exact) mass is 339 g/mol. The van der Waals surface area contributed by atoms with Crippen molar-refractivity contribution >= 4 is 43.0 Å². The standard InChI is InChI=1S/C10H14BrNO3S2/c1-7-6-8(16-9(7)11)10(13)12-4-3-5-17(2,14)15/h6H,3-5H2,1-2H3,(H,12,13). The van der Waals surface area contributed by atoms with Gasteiger partial charge in [-0.3, -0.25) is 4.79 Å². The summed E-state index contributed by atoms with van der Waals surface area (Å²) in [6.45, 7) is 2.29. The van der Waals surface area contributed by atoms with Crippen molar-refractivity contribution in [2.24, 2.45) is 0 Å². The number of sulfone groups is 1. The van der Waals surface area contributed by atoms with Gasteiger partial charge in [0, 0.05) is 12.8 Å². The highest BCUT2D eigenvalue weighted by molar-refractivity contribution is 9.11. The number of thiophene rings is 1. The van der Waals surface area contributed by atoms with Gasteiger partial charge in [0.2, 0.25) is 0 Å². The van der Waals surface area contributed by atoms with E-state index in [-0.39, 0.29) is 11.7 Å². The van der Waals surface area contributed by atoms with E-state index in [4.69, 9.17) is 0 Å². The first kappa shape index (κ1) is 14.7. The number of aryl methyl sites for hydroxylation is 1. The zero-order valence-electron chi connectivity index (χ0n) is 9.62. The fourth-order valence-electron chi connectivity index (χ4n) is 1.20. The van der Waals surface area contributed by atoms with Crippen LogP contribution in [0.25, 0.3) is 0 Å². The molecule has 1 amide bonds. The lowest BCUT2D eigenvalue weighted by molar-refractivity contribution is 0.0957. The number of nitrogens with one attached hydrogen (secondary N) is 1. The average molecular weight is 340 g/mol. The van der Waals surface area contributed by atoms with Crippen LogP contribution in [0.3, 0.4) is 0 Å². The summed E-state index contributed by atoms with van der Waals surface area (Å²) in [4.78, 5) is 12.3. The smallest absolute Gasteiger partial charge is 0.261 e. The summed E-state index contributed by atoms with van der Waals surface area (Å²) >= 11 is 4.72. The Balaban J connectivity index is 2.40. The third kappa shape index (κ3) is 5.18. The highest BCUT2D eigenvalue weighted by Gasteiger charge is 2.10.